The molecular weight excluding hydrogens is 570 g/mol. The average molecular weight is 601 g/mol. The maximum absolute atomic E-state index is 14.7. The minimum absolute atomic E-state index is 0.0648. The third-order valence-electron chi connectivity index (χ3n) is 8.54. The van der Waals surface area contributed by atoms with Crippen LogP contribution in [0.4, 0.5) is 5.69 Å². The number of carbonyl (C=O) groups is 3. The Balaban J connectivity index is 1.74. The lowest BCUT2D eigenvalue weighted by Gasteiger charge is -2.38. The van der Waals surface area contributed by atoms with Crippen LogP contribution in [-0.2, 0) is 4.79 Å². The Morgan fingerprint density at radius 2 is 1.60 bits per heavy atom. The molecule has 204 valence electrons. The van der Waals surface area contributed by atoms with Gasteiger partial charge in [0.25, 0.3) is 0 Å². The van der Waals surface area contributed by atoms with E-state index in [9.17, 15) is 14.4 Å². The van der Waals surface area contributed by atoms with Gasteiger partial charge in [-0.25, -0.2) is 0 Å². The summed E-state index contributed by atoms with van der Waals surface area (Å²) in [4.78, 5) is 46.1. The SMILES string of the molecule is COc1cccc([C@@H]2[C@@H](C(=O)C(C)(C)C)N3c4ccc(Br)cc4C=C[C@H]3C23C(=O)c2ccccc2C3=O)c1OC. The highest BCUT2D eigenvalue weighted by Crippen LogP contribution is 2.62. The van der Waals surface area contributed by atoms with Crippen LogP contribution in [0.15, 0.2) is 71.2 Å². The molecule has 6 rings (SSSR count). The molecule has 0 bridgehead atoms. The standard InChI is InChI=1S/C33H30BrNO5/c1-32(2,3)31(38)27-26(22-11-8-12-24(39-4)28(22)40-5)33(29(36)20-9-6-7-10-21(20)30(33)37)25-16-13-18-17-19(34)14-15-23(18)35(25)27/h6-17,25-27H,1-5H3/t25-,26+,27-/m0/s1. The van der Waals surface area contributed by atoms with Crippen LogP contribution >= 0.6 is 15.9 Å². The van der Waals surface area contributed by atoms with Crippen molar-refractivity contribution in [2.45, 2.75) is 38.8 Å². The maximum atomic E-state index is 14.7. The largest absolute Gasteiger partial charge is 0.493 e. The second-order valence-electron chi connectivity index (χ2n) is 11.6. The third-order valence-corrected chi connectivity index (χ3v) is 9.04. The summed E-state index contributed by atoms with van der Waals surface area (Å²) in [6.45, 7) is 5.64. The molecular formula is C33H30BrNO5. The highest BCUT2D eigenvalue weighted by molar-refractivity contribution is 9.10. The van der Waals surface area contributed by atoms with Crippen molar-refractivity contribution in [1.29, 1.82) is 0 Å². The van der Waals surface area contributed by atoms with Crippen molar-refractivity contribution in [1.82, 2.24) is 0 Å². The number of fused-ring (bicyclic) bond motifs is 5. The first kappa shape index (κ1) is 26.5. The molecule has 3 aromatic carbocycles. The van der Waals surface area contributed by atoms with E-state index < -0.39 is 28.8 Å². The third kappa shape index (κ3) is 3.43. The number of Topliss-reactive ketones (excluding diaryl/α,β-unsaturated/α-hetero) is 3. The number of hydrogen-bond donors (Lipinski definition) is 0. The molecule has 1 fully saturated rings. The molecule has 3 aliphatic rings. The molecule has 0 N–H and O–H groups in total. The Bertz CT molecular complexity index is 1580. The van der Waals surface area contributed by atoms with Gasteiger partial charge in [-0.1, -0.05) is 85.3 Å². The molecule has 0 amide bonds. The summed E-state index contributed by atoms with van der Waals surface area (Å²) in [6, 6.07) is 16.8. The van der Waals surface area contributed by atoms with Gasteiger partial charge in [-0.2, -0.15) is 0 Å². The predicted octanol–water partition coefficient (Wildman–Crippen LogP) is 6.51. The lowest BCUT2D eigenvalue weighted by Crippen LogP contribution is -2.49. The van der Waals surface area contributed by atoms with Crippen LogP contribution in [0.1, 0.15) is 58.5 Å². The van der Waals surface area contributed by atoms with Crippen LogP contribution in [-0.4, -0.2) is 43.7 Å². The molecule has 6 nitrogen and oxygen atoms in total. The van der Waals surface area contributed by atoms with Crippen LogP contribution < -0.4 is 14.4 Å². The van der Waals surface area contributed by atoms with Gasteiger partial charge in [-0.05, 0) is 29.8 Å². The zero-order chi connectivity index (χ0) is 28.6. The van der Waals surface area contributed by atoms with Crippen molar-refractivity contribution in [2.75, 3.05) is 19.1 Å². The molecule has 3 atom stereocenters. The van der Waals surface area contributed by atoms with Crippen LogP contribution in [0.3, 0.4) is 0 Å². The van der Waals surface area contributed by atoms with Crippen molar-refractivity contribution >= 4 is 45.0 Å². The van der Waals surface area contributed by atoms with E-state index in [0.29, 0.717) is 28.2 Å². The van der Waals surface area contributed by atoms with E-state index in [-0.39, 0.29) is 17.3 Å². The second kappa shape index (κ2) is 9.16. The number of hydrogen-bond acceptors (Lipinski definition) is 6. The monoisotopic (exact) mass is 599 g/mol. The highest BCUT2D eigenvalue weighted by atomic mass is 79.9. The minimum Gasteiger partial charge on any atom is -0.493 e. The number of ether oxygens (including phenoxy) is 2. The molecule has 3 aromatic rings. The molecule has 0 aromatic heterocycles. The molecule has 1 saturated heterocycles. The van der Waals surface area contributed by atoms with Gasteiger partial charge >= 0.3 is 0 Å². The molecule has 40 heavy (non-hydrogen) atoms. The normalized spacial score (nSPS) is 22.2. The molecule has 0 unspecified atom stereocenters. The van der Waals surface area contributed by atoms with Crippen molar-refractivity contribution in [3.05, 3.63) is 93.5 Å². The first-order chi connectivity index (χ1) is 19.1. The van der Waals surface area contributed by atoms with Gasteiger partial charge in [0, 0.05) is 38.2 Å². The van der Waals surface area contributed by atoms with Crippen molar-refractivity contribution < 1.29 is 23.9 Å². The number of benzene rings is 3. The number of para-hydroxylation sites is 1. The number of methoxy groups -OCH3 is 2. The number of rotatable bonds is 4. The molecule has 0 radical (unpaired) electrons. The van der Waals surface area contributed by atoms with Gasteiger partial charge in [0.2, 0.25) is 0 Å². The number of halogens is 1. The molecule has 1 aliphatic carbocycles. The van der Waals surface area contributed by atoms with Crippen molar-refractivity contribution in [3.8, 4) is 11.5 Å². The maximum Gasteiger partial charge on any atom is 0.180 e. The van der Waals surface area contributed by atoms with E-state index in [2.05, 4.69) is 15.9 Å². The zero-order valence-corrected chi connectivity index (χ0v) is 24.6. The summed E-state index contributed by atoms with van der Waals surface area (Å²) >= 11 is 3.56. The summed E-state index contributed by atoms with van der Waals surface area (Å²) in [6.07, 6.45) is 3.88. The predicted molar refractivity (Wildman–Crippen MR) is 158 cm³/mol. The van der Waals surface area contributed by atoms with Gasteiger partial charge in [-0.15, -0.1) is 0 Å². The smallest absolute Gasteiger partial charge is 0.180 e. The van der Waals surface area contributed by atoms with E-state index in [4.69, 9.17) is 9.47 Å². The number of nitrogens with zero attached hydrogens (tertiary/aromatic N) is 1. The van der Waals surface area contributed by atoms with Crippen molar-refractivity contribution in [3.63, 3.8) is 0 Å². The molecule has 7 heteroatoms. The fourth-order valence-electron chi connectivity index (χ4n) is 6.89. The quantitative estimate of drug-likeness (QED) is 0.318. The van der Waals surface area contributed by atoms with E-state index in [1.54, 1.807) is 37.4 Å². The van der Waals surface area contributed by atoms with Gasteiger partial charge in [0.1, 0.15) is 5.41 Å². The van der Waals surface area contributed by atoms with E-state index in [0.717, 1.165) is 15.7 Å². The van der Waals surface area contributed by atoms with Crippen LogP contribution in [0.25, 0.3) is 6.08 Å². The second-order valence-corrected chi connectivity index (χ2v) is 12.5. The average Bonchev–Trinajstić information content (AvgIpc) is 3.37. The fourth-order valence-corrected chi connectivity index (χ4v) is 7.27. The van der Waals surface area contributed by atoms with E-state index >= 15 is 0 Å². The number of carbonyl (C=O) groups excluding carboxylic acids is 3. The Labute approximate surface area is 242 Å². The molecule has 1 spiro atoms. The van der Waals surface area contributed by atoms with Crippen molar-refractivity contribution in [2.24, 2.45) is 10.8 Å². The summed E-state index contributed by atoms with van der Waals surface area (Å²) in [5.74, 6) is -0.569. The van der Waals surface area contributed by atoms with Crippen LogP contribution in [0.2, 0.25) is 0 Å². The number of ketones is 3. The molecule has 2 heterocycles. The first-order valence-electron chi connectivity index (χ1n) is 13.3. The first-order valence-corrected chi connectivity index (χ1v) is 14.1. The summed E-state index contributed by atoms with van der Waals surface area (Å²) < 4.78 is 12.4. The Kier molecular flexibility index (Phi) is 6.07. The topological polar surface area (TPSA) is 72.9 Å². The van der Waals surface area contributed by atoms with E-state index in [1.165, 1.54) is 7.11 Å². The minimum atomic E-state index is -1.59. The van der Waals surface area contributed by atoms with Crippen LogP contribution in [0, 0.1) is 10.8 Å². The highest BCUT2D eigenvalue weighted by Gasteiger charge is 2.72. The lowest BCUT2D eigenvalue weighted by atomic mass is 9.63. The van der Waals surface area contributed by atoms with Gasteiger partial charge in [0.05, 0.1) is 26.3 Å². The number of anilines is 1. The Hall–Kier alpha value is -3.71. The summed E-state index contributed by atoms with van der Waals surface area (Å²) in [7, 11) is 3.09. The Morgan fingerprint density at radius 3 is 2.20 bits per heavy atom. The van der Waals surface area contributed by atoms with Gasteiger partial charge in [0.15, 0.2) is 28.8 Å². The summed E-state index contributed by atoms with van der Waals surface area (Å²) in [5, 5.41) is 0. The fraction of sp³-hybridized carbons (Fsp3) is 0.303. The van der Waals surface area contributed by atoms with Gasteiger partial charge < -0.3 is 14.4 Å². The van der Waals surface area contributed by atoms with Crippen LogP contribution in [0.5, 0.6) is 11.5 Å². The molecule has 2 aliphatic heterocycles. The lowest BCUT2D eigenvalue weighted by molar-refractivity contribution is -0.127. The summed E-state index contributed by atoms with van der Waals surface area (Å²) in [5.41, 5.74) is 0.728. The van der Waals surface area contributed by atoms with Gasteiger partial charge in [-0.3, -0.25) is 14.4 Å². The van der Waals surface area contributed by atoms with E-state index in [1.807, 2.05) is 68.2 Å². The molecule has 0 saturated carbocycles. The Morgan fingerprint density at radius 1 is 0.925 bits per heavy atom. The zero-order valence-electron chi connectivity index (χ0n) is 23.0.